The molecule has 2 N–H and O–H groups in total. The van der Waals surface area contributed by atoms with Crippen molar-refractivity contribution >= 4 is 17.5 Å². The molecule has 0 bridgehead atoms. The molecule has 0 heterocycles. The van der Waals surface area contributed by atoms with Crippen LogP contribution in [0.15, 0.2) is 59.6 Å². The average molecular weight is 264 g/mol. The molecular formula is C18H20N2. The second kappa shape index (κ2) is 4.88. The minimum absolute atomic E-state index is 0.0766. The molecule has 20 heavy (non-hydrogen) atoms. The zero-order valence-corrected chi connectivity index (χ0v) is 11.7. The van der Waals surface area contributed by atoms with Gasteiger partial charge in [-0.3, -0.25) is 4.99 Å². The Hall–Kier alpha value is -1.93. The van der Waals surface area contributed by atoms with Gasteiger partial charge in [-0.05, 0) is 47.9 Å². The number of hydrogen-bond donors (Lipinski definition) is 1. The van der Waals surface area contributed by atoms with E-state index in [2.05, 4.69) is 60.8 Å². The van der Waals surface area contributed by atoms with Crippen LogP contribution in [0.25, 0.3) is 10.8 Å². The van der Waals surface area contributed by atoms with Crippen molar-refractivity contribution in [2.24, 2.45) is 10.7 Å². The summed E-state index contributed by atoms with van der Waals surface area (Å²) >= 11 is 0. The normalized spacial score (nSPS) is 26.6. The first-order valence-electron chi connectivity index (χ1n) is 7.09. The summed E-state index contributed by atoms with van der Waals surface area (Å²) in [7, 11) is 0. The zero-order chi connectivity index (χ0) is 14.2. The highest BCUT2D eigenvalue weighted by molar-refractivity contribution is 5.87. The van der Waals surface area contributed by atoms with Gasteiger partial charge in [0, 0.05) is 0 Å². The Morgan fingerprint density at radius 3 is 2.70 bits per heavy atom. The Morgan fingerprint density at radius 1 is 1.15 bits per heavy atom. The van der Waals surface area contributed by atoms with E-state index in [4.69, 9.17) is 5.73 Å². The van der Waals surface area contributed by atoms with E-state index in [1.54, 1.807) is 0 Å². The summed E-state index contributed by atoms with van der Waals surface area (Å²) in [6, 6.07) is 14.8. The molecule has 2 aromatic rings. The number of nitrogens with two attached hydrogens (primary N) is 1. The number of rotatable bonds is 2. The van der Waals surface area contributed by atoms with Crippen LogP contribution in [0.1, 0.15) is 24.8 Å². The van der Waals surface area contributed by atoms with Crippen molar-refractivity contribution in [1.82, 2.24) is 0 Å². The maximum absolute atomic E-state index is 6.77. The largest absolute Gasteiger partial charge is 0.318 e. The first-order valence-corrected chi connectivity index (χ1v) is 7.09. The molecule has 0 aliphatic heterocycles. The third kappa shape index (κ3) is 1.88. The molecule has 1 aliphatic rings. The van der Waals surface area contributed by atoms with Crippen molar-refractivity contribution in [1.29, 1.82) is 0 Å². The van der Waals surface area contributed by atoms with E-state index in [0.717, 1.165) is 30.4 Å². The second-order valence-electron chi connectivity index (χ2n) is 5.61. The predicted molar refractivity (Wildman–Crippen MR) is 86.1 cm³/mol. The van der Waals surface area contributed by atoms with Gasteiger partial charge in [0.15, 0.2) is 0 Å². The molecule has 102 valence electrons. The van der Waals surface area contributed by atoms with Crippen molar-refractivity contribution in [3.05, 3.63) is 60.2 Å². The molecule has 1 fully saturated rings. The fourth-order valence-electron chi connectivity index (χ4n) is 3.33. The molecule has 2 nitrogen and oxygen atoms in total. The number of hydrogen-bond acceptors (Lipinski definition) is 2. The topological polar surface area (TPSA) is 38.4 Å². The highest BCUT2D eigenvalue weighted by Crippen LogP contribution is 2.42. The van der Waals surface area contributed by atoms with E-state index in [-0.39, 0.29) is 6.04 Å². The third-order valence-electron chi connectivity index (χ3n) is 4.51. The van der Waals surface area contributed by atoms with Crippen LogP contribution >= 0.6 is 0 Å². The van der Waals surface area contributed by atoms with E-state index in [9.17, 15) is 0 Å². The highest BCUT2D eigenvalue weighted by atomic mass is 14.8. The van der Waals surface area contributed by atoms with Gasteiger partial charge in [0.25, 0.3) is 0 Å². The van der Waals surface area contributed by atoms with Gasteiger partial charge in [-0.1, -0.05) is 49.0 Å². The molecule has 0 amide bonds. The van der Waals surface area contributed by atoms with Crippen molar-refractivity contribution in [2.45, 2.75) is 30.8 Å². The lowest BCUT2D eigenvalue weighted by Gasteiger charge is -2.40. The summed E-state index contributed by atoms with van der Waals surface area (Å²) in [4.78, 5) is 4.20. The number of nitrogens with zero attached hydrogens (tertiary/aromatic N) is 1. The van der Waals surface area contributed by atoms with Crippen LogP contribution in [0.4, 0.5) is 0 Å². The van der Waals surface area contributed by atoms with Gasteiger partial charge in [-0.15, -0.1) is 0 Å². The van der Waals surface area contributed by atoms with Gasteiger partial charge in [0.1, 0.15) is 0 Å². The van der Waals surface area contributed by atoms with Crippen LogP contribution in [0.2, 0.25) is 0 Å². The van der Waals surface area contributed by atoms with Crippen molar-refractivity contribution in [3.63, 3.8) is 0 Å². The fourth-order valence-corrected chi connectivity index (χ4v) is 3.33. The minimum Gasteiger partial charge on any atom is -0.318 e. The Balaban J connectivity index is 2.18. The predicted octanol–water partition coefficient (Wildman–Crippen LogP) is 3.80. The summed E-state index contributed by atoms with van der Waals surface area (Å²) in [6.07, 6.45) is 2.99. The first kappa shape index (κ1) is 13.1. The monoisotopic (exact) mass is 264 g/mol. The van der Waals surface area contributed by atoms with E-state index < -0.39 is 5.54 Å². The van der Waals surface area contributed by atoms with E-state index in [1.165, 1.54) is 10.8 Å². The molecule has 0 saturated heterocycles. The maximum Gasteiger partial charge on any atom is 0.0720 e. The molecule has 2 unspecified atom stereocenters. The Bertz CT molecular complexity index is 669. The summed E-state index contributed by atoms with van der Waals surface area (Å²) in [6.45, 7) is 7.93. The molecule has 0 spiro atoms. The SMILES string of the molecule is C=NC1CCCC(N)(c2cccc3ccccc23)C1=C. The Morgan fingerprint density at radius 2 is 1.90 bits per heavy atom. The van der Waals surface area contributed by atoms with Crippen LogP contribution < -0.4 is 5.73 Å². The highest BCUT2D eigenvalue weighted by Gasteiger charge is 2.38. The molecule has 0 aromatic heterocycles. The minimum atomic E-state index is -0.495. The molecule has 3 rings (SSSR count). The molecule has 1 saturated carbocycles. The summed E-state index contributed by atoms with van der Waals surface area (Å²) in [5, 5.41) is 2.43. The van der Waals surface area contributed by atoms with Crippen LogP contribution in [0.3, 0.4) is 0 Å². The summed E-state index contributed by atoms with van der Waals surface area (Å²) < 4.78 is 0. The summed E-state index contributed by atoms with van der Waals surface area (Å²) in [5.41, 5.74) is 8.43. The maximum atomic E-state index is 6.77. The van der Waals surface area contributed by atoms with Crippen molar-refractivity contribution in [3.8, 4) is 0 Å². The third-order valence-corrected chi connectivity index (χ3v) is 4.51. The molecule has 1 aliphatic carbocycles. The summed E-state index contributed by atoms with van der Waals surface area (Å²) in [5.74, 6) is 0. The molecule has 2 heteroatoms. The van der Waals surface area contributed by atoms with Gasteiger partial charge in [0.05, 0.1) is 11.6 Å². The quantitative estimate of drug-likeness (QED) is 0.650. The van der Waals surface area contributed by atoms with Gasteiger partial charge >= 0.3 is 0 Å². The molecule has 2 aromatic carbocycles. The second-order valence-corrected chi connectivity index (χ2v) is 5.61. The van der Waals surface area contributed by atoms with E-state index in [0.29, 0.717) is 0 Å². The van der Waals surface area contributed by atoms with Crippen LogP contribution in [-0.2, 0) is 5.54 Å². The van der Waals surface area contributed by atoms with Crippen molar-refractivity contribution < 1.29 is 0 Å². The Labute approximate surface area is 120 Å². The number of benzene rings is 2. The van der Waals surface area contributed by atoms with Gasteiger partial charge < -0.3 is 5.73 Å². The lowest BCUT2D eigenvalue weighted by Crippen LogP contribution is -2.45. The lowest BCUT2D eigenvalue weighted by molar-refractivity contribution is 0.373. The van der Waals surface area contributed by atoms with Gasteiger partial charge in [-0.2, -0.15) is 0 Å². The number of aliphatic imine (C=N–C) groups is 1. The van der Waals surface area contributed by atoms with Crippen LogP contribution in [-0.4, -0.2) is 12.8 Å². The van der Waals surface area contributed by atoms with E-state index in [1.807, 2.05) is 0 Å². The fraction of sp³-hybridized carbons (Fsp3) is 0.278. The van der Waals surface area contributed by atoms with E-state index >= 15 is 0 Å². The standard InChI is InChI=1S/C18H20N2/c1-13-17(20-2)11-6-12-18(13,19)16-10-5-8-14-7-3-4-9-15(14)16/h3-5,7-10,17H,1-2,6,11-12,19H2. The average Bonchev–Trinajstić information content (AvgIpc) is 2.49. The van der Waals surface area contributed by atoms with Gasteiger partial charge in [-0.25, -0.2) is 0 Å². The molecular weight excluding hydrogens is 244 g/mol. The van der Waals surface area contributed by atoms with Crippen LogP contribution in [0.5, 0.6) is 0 Å². The first-order chi connectivity index (χ1) is 9.66. The molecule has 2 atom stereocenters. The molecule has 0 radical (unpaired) electrons. The number of fused-ring (bicyclic) bond motifs is 1. The van der Waals surface area contributed by atoms with Gasteiger partial charge in [0.2, 0.25) is 0 Å². The lowest BCUT2D eigenvalue weighted by atomic mass is 9.71. The van der Waals surface area contributed by atoms with Crippen molar-refractivity contribution in [2.75, 3.05) is 0 Å². The smallest absolute Gasteiger partial charge is 0.0720 e. The Kier molecular flexibility index (Phi) is 3.19. The van der Waals surface area contributed by atoms with Crippen LogP contribution in [0, 0.1) is 0 Å². The zero-order valence-electron chi connectivity index (χ0n) is 11.7.